The topological polar surface area (TPSA) is 32.3 Å². The van der Waals surface area contributed by atoms with Crippen molar-refractivity contribution in [1.29, 1.82) is 0 Å². The minimum atomic E-state index is -0.214. The van der Waals surface area contributed by atoms with Crippen LogP contribution in [0.2, 0.25) is 0 Å². The highest BCUT2D eigenvalue weighted by Gasteiger charge is 2.17. The Morgan fingerprint density at radius 3 is 2.25 bits per heavy atom. The zero-order chi connectivity index (χ0) is 12.6. The third-order valence-corrected chi connectivity index (χ3v) is 3.63. The summed E-state index contributed by atoms with van der Waals surface area (Å²) in [6.07, 6.45) is 4.87. The van der Waals surface area contributed by atoms with E-state index in [-0.39, 0.29) is 6.10 Å². The number of hydrogen-bond acceptors (Lipinski definition) is 2. The van der Waals surface area contributed by atoms with Crippen LogP contribution in [-0.4, -0.2) is 23.8 Å². The Hall–Kier alpha value is -0.340. The zero-order valence-corrected chi connectivity index (χ0v) is 11.4. The van der Waals surface area contributed by atoms with Gasteiger partial charge in [-0.1, -0.05) is 39.7 Å². The Morgan fingerprint density at radius 2 is 1.81 bits per heavy atom. The van der Waals surface area contributed by atoms with Crippen LogP contribution in [-0.2, 0) is 0 Å². The third-order valence-electron chi connectivity index (χ3n) is 3.63. The smallest absolute Gasteiger partial charge is 0.0692 e. The summed E-state index contributed by atoms with van der Waals surface area (Å²) in [7, 11) is 0. The first-order valence-electron chi connectivity index (χ1n) is 6.59. The second kappa shape index (κ2) is 8.77. The van der Waals surface area contributed by atoms with E-state index in [0.29, 0.717) is 24.4 Å². The quantitative estimate of drug-likeness (QED) is 0.594. The van der Waals surface area contributed by atoms with Crippen molar-refractivity contribution in [2.45, 2.75) is 59.1 Å². The van der Waals surface area contributed by atoms with Crippen LogP contribution in [0.5, 0.6) is 0 Å². The van der Waals surface area contributed by atoms with Crippen LogP contribution in [0, 0.1) is 11.8 Å². The third kappa shape index (κ3) is 5.66. The van der Waals surface area contributed by atoms with Crippen molar-refractivity contribution in [1.82, 2.24) is 5.32 Å². The molecule has 0 bridgehead atoms. The zero-order valence-electron chi connectivity index (χ0n) is 11.4. The summed E-state index contributed by atoms with van der Waals surface area (Å²) >= 11 is 0. The van der Waals surface area contributed by atoms with E-state index in [1.807, 2.05) is 6.08 Å². The van der Waals surface area contributed by atoms with Crippen molar-refractivity contribution in [2.75, 3.05) is 6.54 Å². The molecule has 0 aliphatic heterocycles. The average Bonchev–Trinajstić information content (AvgIpc) is 2.27. The molecule has 0 spiro atoms. The van der Waals surface area contributed by atoms with Crippen molar-refractivity contribution in [3.8, 4) is 0 Å². The summed E-state index contributed by atoms with van der Waals surface area (Å²) in [6, 6.07) is 0.432. The van der Waals surface area contributed by atoms with Crippen LogP contribution < -0.4 is 5.32 Å². The molecule has 0 heterocycles. The lowest BCUT2D eigenvalue weighted by Crippen LogP contribution is -2.40. The molecule has 0 saturated carbocycles. The highest BCUT2D eigenvalue weighted by Crippen LogP contribution is 2.13. The van der Waals surface area contributed by atoms with E-state index < -0.39 is 0 Å². The van der Waals surface area contributed by atoms with Gasteiger partial charge in [0.2, 0.25) is 0 Å². The average molecular weight is 227 g/mol. The van der Waals surface area contributed by atoms with Gasteiger partial charge in [-0.25, -0.2) is 0 Å². The maximum absolute atomic E-state index is 9.99. The monoisotopic (exact) mass is 227 g/mol. The molecule has 0 aliphatic rings. The number of hydrogen-bond donors (Lipinski definition) is 2. The fraction of sp³-hybridized carbons (Fsp3) is 0.857. The van der Waals surface area contributed by atoms with Crippen LogP contribution in [0.4, 0.5) is 0 Å². The van der Waals surface area contributed by atoms with Crippen molar-refractivity contribution in [2.24, 2.45) is 11.8 Å². The largest absolute Gasteiger partial charge is 0.392 e. The number of aliphatic hydroxyl groups excluding tert-OH is 1. The first kappa shape index (κ1) is 15.7. The Kier molecular flexibility index (Phi) is 8.58. The maximum atomic E-state index is 9.99. The Labute approximate surface area is 101 Å². The summed E-state index contributed by atoms with van der Waals surface area (Å²) in [5, 5.41) is 13.4. The van der Waals surface area contributed by atoms with Crippen LogP contribution in [0.3, 0.4) is 0 Å². The van der Waals surface area contributed by atoms with E-state index in [1.165, 1.54) is 0 Å². The predicted octanol–water partition coefficient (Wildman–Crippen LogP) is 2.97. The summed E-state index contributed by atoms with van der Waals surface area (Å²) in [5.74, 6) is 1.00. The van der Waals surface area contributed by atoms with E-state index in [1.54, 1.807) is 0 Å². The van der Waals surface area contributed by atoms with Gasteiger partial charge < -0.3 is 10.4 Å². The van der Waals surface area contributed by atoms with E-state index in [2.05, 4.69) is 39.6 Å². The minimum Gasteiger partial charge on any atom is -0.392 e. The number of rotatable bonds is 9. The van der Waals surface area contributed by atoms with Crippen LogP contribution in [0.15, 0.2) is 12.7 Å². The van der Waals surface area contributed by atoms with Gasteiger partial charge in [-0.15, -0.1) is 6.58 Å². The predicted molar refractivity (Wildman–Crippen MR) is 71.5 cm³/mol. The van der Waals surface area contributed by atoms with Crippen molar-refractivity contribution in [3.05, 3.63) is 12.7 Å². The van der Waals surface area contributed by atoms with E-state index in [9.17, 15) is 5.11 Å². The van der Waals surface area contributed by atoms with Crippen molar-refractivity contribution >= 4 is 0 Å². The summed E-state index contributed by atoms with van der Waals surface area (Å²) in [4.78, 5) is 0. The second-order valence-corrected chi connectivity index (χ2v) is 4.84. The van der Waals surface area contributed by atoms with Crippen molar-refractivity contribution < 1.29 is 5.11 Å². The molecule has 96 valence electrons. The molecule has 0 saturated heterocycles. The van der Waals surface area contributed by atoms with E-state index in [0.717, 1.165) is 19.3 Å². The second-order valence-electron chi connectivity index (χ2n) is 4.84. The fourth-order valence-electron chi connectivity index (χ4n) is 1.97. The molecule has 0 rings (SSSR count). The van der Waals surface area contributed by atoms with Crippen molar-refractivity contribution in [3.63, 3.8) is 0 Å². The molecule has 0 aromatic carbocycles. The van der Waals surface area contributed by atoms with Crippen LogP contribution in [0.25, 0.3) is 0 Å². The molecular weight excluding hydrogens is 198 g/mol. The molecule has 0 amide bonds. The van der Waals surface area contributed by atoms with Gasteiger partial charge >= 0.3 is 0 Å². The Balaban J connectivity index is 3.89. The molecule has 0 aromatic rings. The Bertz CT molecular complexity index is 178. The summed E-state index contributed by atoms with van der Waals surface area (Å²) < 4.78 is 0. The molecule has 16 heavy (non-hydrogen) atoms. The van der Waals surface area contributed by atoms with E-state index >= 15 is 0 Å². The summed E-state index contributed by atoms with van der Waals surface area (Å²) in [6.45, 7) is 13.1. The standard InChI is InChI=1S/C14H29NO/c1-6-9-11(4)12(5)15-10-14(16)13(7-2)8-3/h6,11-16H,1,7-10H2,2-5H3. The molecule has 0 radical (unpaired) electrons. The maximum Gasteiger partial charge on any atom is 0.0692 e. The molecule has 3 unspecified atom stereocenters. The summed E-state index contributed by atoms with van der Waals surface area (Å²) in [5.41, 5.74) is 0. The molecule has 2 N–H and O–H groups in total. The van der Waals surface area contributed by atoms with Gasteiger partial charge in [0.05, 0.1) is 6.10 Å². The lowest BCUT2D eigenvalue weighted by atomic mass is 9.95. The van der Waals surface area contributed by atoms with Gasteiger partial charge in [-0.2, -0.15) is 0 Å². The molecular formula is C14H29NO. The lowest BCUT2D eigenvalue weighted by molar-refractivity contribution is 0.0967. The van der Waals surface area contributed by atoms with Gasteiger partial charge in [-0.3, -0.25) is 0 Å². The Morgan fingerprint density at radius 1 is 1.25 bits per heavy atom. The normalized spacial score (nSPS) is 17.1. The SMILES string of the molecule is C=CCC(C)C(C)NCC(O)C(CC)CC. The highest BCUT2D eigenvalue weighted by molar-refractivity contribution is 4.79. The molecule has 2 heteroatoms. The number of aliphatic hydroxyl groups is 1. The van der Waals surface area contributed by atoms with Gasteiger partial charge in [0.25, 0.3) is 0 Å². The van der Waals surface area contributed by atoms with Gasteiger partial charge in [-0.05, 0) is 25.2 Å². The van der Waals surface area contributed by atoms with Gasteiger partial charge in [0.15, 0.2) is 0 Å². The molecule has 0 aromatic heterocycles. The number of allylic oxidation sites excluding steroid dienone is 1. The molecule has 0 aliphatic carbocycles. The minimum absolute atomic E-state index is 0.214. The first-order chi connectivity index (χ1) is 7.56. The fourth-order valence-corrected chi connectivity index (χ4v) is 1.97. The van der Waals surface area contributed by atoms with Crippen LogP contribution in [0.1, 0.15) is 47.0 Å². The molecule has 3 atom stereocenters. The lowest BCUT2D eigenvalue weighted by Gasteiger charge is -2.25. The molecule has 0 fully saturated rings. The van der Waals surface area contributed by atoms with Gasteiger partial charge in [0, 0.05) is 12.6 Å². The number of nitrogens with one attached hydrogen (secondary N) is 1. The van der Waals surface area contributed by atoms with Gasteiger partial charge in [0.1, 0.15) is 0 Å². The van der Waals surface area contributed by atoms with E-state index in [4.69, 9.17) is 0 Å². The first-order valence-corrected chi connectivity index (χ1v) is 6.59. The van der Waals surface area contributed by atoms with Crippen LogP contribution >= 0.6 is 0 Å². The highest BCUT2D eigenvalue weighted by atomic mass is 16.3. The molecule has 2 nitrogen and oxygen atoms in total.